The summed E-state index contributed by atoms with van der Waals surface area (Å²) in [6.07, 6.45) is 2.33. The first-order valence-electron chi connectivity index (χ1n) is 7.25. The second-order valence-electron chi connectivity index (χ2n) is 4.55. The van der Waals surface area contributed by atoms with Gasteiger partial charge in [0.15, 0.2) is 0 Å². The highest BCUT2D eigenvalue weighted by molar-refractivity contribution is 7.97. The molecular formula is C15H25N3OS. The topological polar surface area (TPSA) is 58.4 Å². The molecule has 1 aliphatic heterocycles. The van der Waals surface area contributed by atoms with E-state index in [2.05, 4.69) is 33.9 Å². The van der Waals surface area contributed by atoms with E-state index in [9.17, 15) is 4.79 Å². The molecule has 0 saturated carbocycles. The number of primary amides is 1. The van der Waals surface area contributed by atoms with Crippen LogP contribution in [0.4, 0.5) is 4.79 Å². The third-order valence-corrected chi connectivity index (χ3v) is 4.10. The third kappa shape index (κ3) is 6.30. The normalized spacial score (nSPS) is 18.8. The lowest BCUT2D eigenvalue weighted by Gasteiger charge is -2.31. The lowest BCUT2D eigenvalue weighted by molar-refractivity contribution is 0.239. The maximum absolute atomic E-state index is 10.7. The van der Waals surface area contributed by atoms with E-state index in [0.717, 1.165) is 19.5 Å². The summed E-state index contributed by atoms with van der Waals surface area (Å²) < 4.78 is 2.37. The molecule has 1 saturated heterocycles. The van der Waals surface area contributed by atoms with Crippen LogP contribution in [0.3, 0.4) is 0 Å². The molecule has 1 fully saturated rings. The Bertz CT molecular complexity index is 386. The van der Waals surface area contributed by atoms with Crippen molar-refractivity contribution in [2.24, 2.45) is 11.7 Å². The van der Waals surface area contributed by atoms with Crippen LogP contribution in [0.1, 0.15) is 26.7 Å². The number of nitrogens with zero attached hydrogens (tertiary/aromatic N) is 1. The van der Waals surface area contributed by atoms with E-state index in [0.29, 0.717) is 12.5 Å². The van der Waals surface area contributed by atoms with Crippen LogP contribution in [0.2, 0.25) is 0 Å². The van der Waals surface area contributed by atoms with Gasteiger partial charge in [-0.3, -0.25) is 0 Å². The first-order valence-corrected chi connectivity index (χ1v) is 8.02. The Balaban J connectivity index is 0.000000956. The monoisotopic (exact) mass is 295 g/mol. The zero-order valence-electron chi connectivity index (χ0n) is 12.3. The molecule has 0 radical (unpaired) electrons. The first-order chi connectivity index (χ1) is 9.74. The van der Waals surface area contributed by atoms with Gasteiger partial charge in [0, 0.05) is 24.5 Å². The fourth-order valence-corrected chi connectivity index (χ4v) is 3.23. The molecule has 112 valence electrons. The summed E-state index contributed by atoms with van der Waals surface area (Å²) in [5.74, 6) is 0.502. The number of nitrogens with two attached hydrogens (primary N) is 1. The van der Waals surface area contributed by atoms with Gasteiger partial charge in [0.1, 0.15) is 0 Å². The standard InChI is InChI=1S/C13H19N3OS.C2H6/c14-13(17)15-9-11-5-4-8-16(10-11)18-12-6-2-1-3-7-12;1-2/h1-3,6-7,11H,4-5,8-10H2,(H3,14,15,17);1-2H3. The minimum Gasteiger partial charge on any atom is -0.352 e. The fourth-order valence-electron chi connectivity index (χ4n) is 2.15. The van der Waals surface area contributed by atoms with Gasteiger partial charge in [0.05, 0.1) is 0 Å². The predicted molar refractivity (Wildman–Crippen MR) is 85.5 cm³/mol. The number of rotatable bonds is 4. The molecule has 1 atom stereocenters. The van der Waals surface area contributed by atoms with E-state index in [1.807, 2.05) is 19.9 Å². The molecule has 3 N–H and O–H groups in total. The summed E-state index contributed by atoms with van der Waals surface area (Å²) in [7, 11) is 0. The van der Waals surface area contributed by atoms with Gasteiger partial charge in [-0.1, -0.05) is 32.0 Å². The highest BCUT2D eigenvalue weighted by atomic mass is 32.2. The number of carbonyl (C=O) groups is 1. The van der Waals surface area contributed by atoms with Crippen LogP contribution in [0.5, 0.6) is 0 Å². The second kappa shape index (κ2) is 9.66. The lowest BCUT2D eigenvalue weighted by atomic mass is 10.00. The van der Waals surface area contributed by atoms with Gasteiger partial charge in [0.25, 0.3) is 0 Å². The molecule has 2 amide bonds. The first kappa shape index (κ1) is 16.9. The molecule has 2 rings (SSSR count). The average Bonchev–Trinajstić information content (AvgIpc) is 2.49. The van der Waals surface area contributed by atoms with Gasteiger partial charge < -0.3 is 11.1 Å². The Morgan fingerprint density at radius 2 is 2.10 bits per heavy atom. The molecule has 0 aliphatic carbocycles. The van der Waals surface area contributed by atoms with Crippen molar-refractivity contribution in [3.8, 4) is 0 Å². The average molecular weight is 295 g/mol. The molecule has 0 aromatic heterocycles. The number of piperidine rings is 1. The molecule has 4 nitrogen and oxygen atoms in total. The Hall–Kier alpha value is -1.20. The van der Waals surface area contributed by atoms with Gasteiger partial charge in [-0.25, -0.2) is 9.10 Å². The molecule has 1 unspecified atom stereocenters. The number of urea groups is 1. The number of hydrogen-bond donors (Lipinski definition) is 2. The van der Waals surface area contributed by atoms with Crippen LogP contribution >= 0.6 is 11.9 Å². The van der Waals surface area contributed by atoms with Crippen LogP contribution < -0.4 is 11.1 Å². The van der Waals surface area contributed by atoms with Crippen LogP contribution in [-0.2, 0) is 0 Å². The van der Waals surface area contributed by atoms with Crippen LogP contribution in [0, 0.1) is 5.92 Å². The van der Waals surface area contributed by atoms with Crippen molar-refractivity contribution in [3.05, 3.63) is 30.3 Å². The van der Waals surface area contributed by atoms with Crippen molar-refractivity contribution in [2.75, 3.05) is 19.6 Å². The number of nitrogens with one attached hydrogen (secondary N) is 1. The fraction of sp³-hybridized carbons (Fsp3) is 0.533. The summed E-state index contributed by atoms with van der Waals surface area (Å²) >= 11 is 1.79. The number of hydrogen-bond acceptors (Lipinski definition) is 3. The summed E-state index contributed by atoms with van der Waals surface area (Å²) in [6, 6.07) is 9.95. The Morgan fingerprint density at radius 3 is 2.75 bits per heavy atom. The summed E-state index contributed by atoms with van der Waals surface area (Å²) in [6.45, 7) is 6.79. The van der Waals surface area contributed by atoms with Crippen molar-refractivity contribution in [3.63, 3.8) is 0 Å². The Kier molecular flexibility index (Phi) is 8.14. The molecule has 1 aromatic carbocycles. The largest absolute Gasteiger partial charge is 0.352 e. The van der Waals surface area contributed by atoms with Gasteiger partial charge in [-0.2, -0.15) is 0 Å². The number of benzene rings is 1. The lowest BCUT2D eigenvalue weighted by Crippen LogP contribution is -2.39. The highest BCUT2D eigenvalue weighted by Crippen LogP contribution is 2.27. The minimum atomic E-state index is -0.428. The molecule has 20 heavy (non-hydrogen) atoms. The van der Waals surface area contributed by atoms with Crippen LogP contribution in [0.25, 0.3) is 0 Å². The zero-order chi connectivity index (χ0) is 14.8. The highest BCUT2D eigenvalue weighted by Gasteiger charge is 2.20. The van der Waals surface area contributed by atoms with Crippen molar-refractivity contribution >= 4 is 18.0 Å². The predicted octanol–water partition coefficient (Wildman–Crippen LogP) is 3.10. The van der Waals surface area contributed by atoms with E-state index >= 15 is 0 Å². The molecule has 0 spiro atoms. The van der Waals surface area contributed by atoms with E-state index in [4.69, 9.17) is 5.73 Å². The molecule has 0 bridgehead atoms. The molecule has 1 heterocycles. The van der Waals surface area contributed by atoms with Crippen molar-refractivity contribution in [1.29, 1.82) is 0 Å². The number of amides is 2. The Morgan fingerprint density at radius 1 is 1.40 bits per heavy atom. The zero-order valence-corrected chi connectivity index (χ0v) is 13.2. The SMILES string of the molecule is CC.NC(=O)NCC1CCCN(Sc2ccccc2)C1. The van der Waals surface area contributed by atoms with Gasteiger partial charge in [0.2, 0.25) is 0 Å². The van der Waals surface area contributed by atoms with Crippen molar-refractivity contribution < 1.29 is 4.79 Å². The smallest absolute Gasteiger partial charge is 0.312 e. The van der Waals surface area contributed by atoms with Crippen molar-refractivity contribution in [1.82, 2.24) is 9.62 Å². The van der Waals surface area contributed by atoms with Gasteiger partial charge >= 0.3 is 6.03 Å². The summed E-state index contributed by atoms with van der Waals surface area (Å²) in [5, 5.41) is 2.70. The van der Waals surface area contributed by atoms with Crippen LogP contribution in [0.15, 0.2) is 35.2 Å². The molecular weight excluding hydrogens is 270 g/mol. The maximum atomic E-state index is 10.7. The minimum absolute atomic E-state index is 0.428. The number of carbonyl (C=O) groups excluding carboxylic acids is 1. The van der Waals surface area contributed by atoms with E-state index in [1.165, 1.54) is 11.3 Å². The van der Waals surface area contributed by atoms with Crippen LogP contribution in [-0.4, -0.2) is 30.0 Å². The second-order valence-corrected chi connectivity index (χ2v) is 5.72. The maximum Gasteiger partial charge on any atom is 0.312 e. The molecule has 1 aromatic rings. The molecule has 5 heteroatoms. The Labute approximate surface area is 126 Å². The van der Waals surface area contributed by atoms with E-state index < -0.39 is 6.03 Å². The quantitative estimate of drug-likeness (QED) is 0.839. The van der Waals surface area contributed by atoms with Gasteiger partial charge in [-0.15, -0.1) is 0 Å². The summed E-state index contributed by atoms with van der Waals surface area (Å²) in [4.78, 5) is 12.0. The molecule has 1 aliphatic rings. The van der Waals surface area contributed by atoms with E-state index in [1.54, 1.807) is 11.9 Å². The summed E-state index contributed by atoms with van der Waals surface area (Å²) in [5.41, 5.74) is 5.10. The van der Waals surface area contributed by atoms with Crippen molar-refractivity contribution in [2.45, 2.75) is 31.6 Å². The third-order valence-electron chi connectivity index (χ3n) is 3.02. The van der Waals surface area contributed by atoms with Gasteiger partial charge in [-0.05, 0) is 42.8 Å². The van der Waals surface area contributed by atoms with E-state index in [-0.39, 0.29) is 0 Å².